The van der Waals surface area contributed by atoms with Crippen LogP contribution in [-0.4, -0.2) is 24.6 Å². The summed E-state index contributed by atoms with van der Waals surface area (Å²) < 4.78 is 54.6. The molecule has 0 saturated heterocycles. The number of hydrogen-bond acceptors (Lipinski definition) is 5. The highest BCUT2D eigenvalue weighted by Crippen LogP contribution is 2.46. The number of aromatic nitrogens is 1. The number of methoxy groups -OCH3 is 1. The molecule has 1 aliphatic rings. The number of carbonyl (C=O) groups excluding carboxylic acids is 1. The SMILES string of the molecule is C=CC(=O)NC1CCOc2c1ccc(Oc1ccc(C(F)(F)F)nc1)c2OC. The second-order valence-electron chi connectivity index (χ2n) is 5.90. The highest BCUT2D eigenvalue weighted by molar-refractivity contribution is 5.87. The predicted octanol–water partition coefficient (Wildman–Crippen LogP) is 4.03. The van der Waals surface area contributed by atoms with Gasteiger partial charge in [0, 0.05) is 12.0 Å². The van der Waals surface area contributed by atoms with Gasteiger partial charge in [0.2, 0.25) is 11.7 Å². The summed E-state index contributed by atoms with van der Waals surface area (Å²) in [6.45, 7) is 3.78. The Bertz CT molecular complexity index is 882. The van der Waals surface area contributed by atoms with Crippen molar-refractivity contribution in [2.45, 2.75) is 18.6 Å². The summed E-state index contributed by atoms with van der Waals surface area (Å²) in [5.41, 5.74) is -0.308. The molecule has 3 rings (SSSR count). The number of ether oxygens (including phenoxy) is 3. The van der Waals surface area contributed by atoms with Crippen molar-refractivity contribution in [2.24, 2.45) is 0 Å². The third-order valence-corrected chi connectivity index (χ3v) is 4.10. The lowest BCUT2D eigenvalue weighted by atomic mass is 9.99. The summed E-state index contributed by atoms with van der Waals surface area (Å²) in [6.07, 6.45) is -1.79. The topological polar surface area (TPSA) is 69.7 Å². The smallest absolute Gasteiger partial charge is 0.433 e. The largest absolute Gasteiger partial charge is 0.490 e. The molecule has 6 nitrogen and oxygen atoms in total. The van der Waals surface area contributed by atoms with Crippen molar-refractivity contribution in [1.82, 2.24) is 10.3 Å². The van der Waals surface area contributed by atoms with Crippen molar-refractivity contribution in [3.63, 3.8) is 0 Å². The van der Waals surface area contributed by atoms with Gasteiger partial charge in [0.1, 0.15) is 11.4 Å². The lowest BCUT2D eigenvalue weighted by Gasteiger charge is -2.28. The number of alkyl halides is 3. The Balaban J connectivity index is 1.89. The standard InChI is InChI=1S/C19H17F3N2O4/c1-3-16(25)24-13-8-9-27-17-12(13)5-6-14(18(17)26-2)28-11-4-7-15(23-10-11)19(20,21)22/h3-7,10,13H,1,8-9H2,2H3,(H,24,25). The lowest BCUT2D eigenvalue weighted by molar-refractivity contribution is -0.141. The zero-order chi connectivity index (χ0) is 20.3. The molecule has 1 unspecified atom stereocenters. The zero-order valence-corrected chi connectivity index (χ0v) is 14.9. The third kappa shape index (κ3) is 4.03. The van der Waals surface area contributed by atoms with E-state index in [1.54, 1.807) is 12.1 Å². The average molecular weight is 394 g/mol. The van der Waals surface area contributed by atoms with E-state index in [2.05, 4.69) is 16.9 Å². The number of rotatable bonds is 5. The van der Waals surface area contributed by atoms with Gasteiger partial charge in [-0.05, 0) is 30.3 Å². The quantitative estimate of drug-likeness (QED) is 0.776. The number of carbonyl (C=O) groups is 1. The maximum absolute atomic E-state index is 12.6. The highest BCUT2D eigenvalue weighted by atomic mass is 19.4. The fourth-order valence-electron chi connectivity index (χ4n) is 2.81. The van der Waals surface area contributed by atoms with E-state index in [0.29, 0.717) is 24.3 Å². The van der Waals surface area contributed by atoms with E-state index in [9.17, 15) is 18.0 Å². The fourth-order valence-corrected chi connectivity index (χ4v) is 2.81. The number of amides is 1. The van der Waals surface area contributed by atoms with Gasteiger partial charge in [0.25, 0.3) is 0 Å². The molecule has 2 heterocycles. The van der Waals surface area contributed by atoms with Crippen LogP contribution in [0.15, 0.2) is 43.1 Å². The summed E-state index contributed by atoms with van der Waals surface area (Å²) in [7, 11) is 1.42. The summed E-state index contributed by atoms with van der Waals surface area (Å²) in [5.74, 6) is 0.723. The molecule has 9 heteroatoms. The van der Waals surface area contributed by atoms with Gasteiger partial charge in [-0.1, -0.05) is 6.58 Å². The van der Waals surface area contributed by atoms with Gasteiger partial charge >= 0.3 is 6.18 Å². The fraction of sp³-hybridized carbons (Fsp3) is 0.263. The van der Waals surface area contributed by atoms with Crippen LogP contribution in [0.1, 0.15) is 23.7 Å². The van der Waals surface area contributed by atoms with E-state index in [-0.39, 0.29) is 29.2 Å². The summed E-state index contributed by atoms with van der Waals surface area (Å²) in [4.78, 5) is 15.0. The maximum atomic E-state index is 12.6. The molecule has 1 amide bonds. The monoisotopic (exact) mass is 394 g/mol. The molecule has 0 fully saturated rings. The summed E-state index contributed by atoms with van der Waals surface area (Å²) in [6, 6.07) is 5.01. The Kier molecular flexibility index (Phi) is 5.43. The van der Waals surface area contributed by atoms with Crippen LogP contribution in [0.4, 0.5) is 13.2 Å². The molecular formula is C19H17F3N2O4. The van der Waals surface area contributed by atoms with E-state index >= 15 is 0 Å². The van der Waals surface area contributed by atoms with Crippen LogP contribution in [0.25, 0.3) is 0 Å². The van der Waals surface area contributed by atoms with Crippen LogP contribution in [0.3, 0.4) is 0 Å². The zero-order valence-electron chi connectivity index (χ0n) is 14.9. The minimum Gasteiger partial charge on any atom is -0.490 e. The highest BCUT2D eigenvalue weighted by Gasteiger charge is 2.32. The number of hydrogen-bond donors (Lipinski definition) is 1. The van der Waals surface area contributed by atoms with Crippen molar-refractivity contribution in [3.05, 3.63) is 54.4 Å². The van der Waals surface area contributed by atoms with Gasteiger partial charge in [-0.15, -0.1) is 0 Å². The normalized spacial score (nSPS) is 15.8. The van der Waals surface area contributed by atoms with Crippen molar-refractivity contribution >= 4 is 5.91 Å². The summed E-state index contributed by atoms with van der Waals surface area (Å²) >= 11 is 0. The number of nitrogens with zero attached hydrogens (tertiary/aromatic N) is 1. The Labute approximate surface area is 158 Å². The molecule has 0 bridgehead atoms. The van der Waals surface area contributed by atoms with Crippen LogP contribution in [-0.2, 0) is 11.0 Å². The Morgan fingerprint density at radius 1 is 1.36 bits per heavy atom. The Hall–Kier alpha value is -3.23. The maximum Gasteiger partial charge on any atom is 0.433 e. The average Bonchev–Trinajstić information content (AvgIpc) is 2.67. The van der Waals surface area contributed by atoms with E-state index in [0.717, 1.165) is 12.3 Å². The number of fused-ring (bicyclic) bond motifs is 1. The molecule has 1 N–H and O–H groups in total. The van der Waals surface area contributed by atoms with Crippen LogP contribution in [0.2, 0.25) is 0 Å². The van der Waals surface area contributed by atoms with Gasteiger partial charge in [0.05, 0.1) is 26.0 Å². The summed E-state index contributed by atoms with van der Waals surface area (Å²) in [5, 5.41) is 2.82. The van der Waals surface area contributed by atoms with Crippen LogP contribution in [0.5, 0.6) is 23.0 Å². The van der Waals surface area contributed by atoms with Crippen LogP contribution in [0, 0.1) is 0 Å². The Morgan fingerprint density at radius 3 is 2.75 bits per heavy atom. The third-order valence-electron chi connectivity index (χ3n) is 4.10. The van der Waals surface area contributed by atoms with Gasteiger partial charge in [-0.25, -0.2) is 4.98 Å². The van der Waals surface area contributed by atoms with Crippen LogP contribution < -0.4 is 19.5 Å². The number of halogens is 3. The first-order valence-electron chi connectivity index (χ1n) is 8.31. The molecule has 0 saturated carbocycles. The van der Waals surface area contributed by atoms with Crippen molar-refractivity contribution < 1.29 is 32.2 Å². The molecule has 0 radical (unpaired) electrons. The first-order valence-corrected chi connectivity index (χ1v) is 8.31. The first kappa shape index (κ1) is 19.5. The molecule has 2 aromatic rings. The van der Waals surface area contributed by atoms with E-state index in [1.165, 1.54) is 19.3 Å². The molecule has 0 aliphatic carbocycles. The molecule has 1 atom stereocenters. The lowest BCUT2D eigenvalue weighted by Crippen LogP contribution is -2.31. The van der Waals surface area contributed by atoms with E-state index < -0.39 is 11.9 Å². The second kappa shape index (κ2) is 7.79. The van der Waals surface area contributed by atoms with Gasteiger partial charge in [-0.2, -0.15) is 13.2 Å². The van der Waals surface area contributed by atoms with Crippen LogP contribution >= 0.6 is 0 Å². The molecule has 148 valence electrons. The van der Waals surface area contributed by atoms with Gasteiger partial charge in [-0.3, -0.25) is 4.79 Å². The van der Waals surface area contributed by atoms with Gasteiger partial charge in [0.15, 0.2) is 11.5 Å². The predicted molar refractivity (Wildman–Crippen MR) is 93.5 cm³/mol. The van der Waals surface area contributed by atoms with Gasteiger partial charge < -0.3 is 19.5 Å². The second-order valence-corrected chi connectivity index (χ2v) is 5.90. The molecule has 1 aliphatic heterocycles. The molecule has 28 heavy (non-hydrogen) atoms. The van der Waals surface area contributed by atoms with Crippen molar-refractivity contribution in [3.8, 4) is 23.0 Å². The molecule has 0 spiro atoms. The molecular weight excluding hydrogens is 377 g/mol. The van der Waals surface area contributed by atoms with Crippen molar-refractivity contribution in [2.75, 3.05) is 13.7 Å². The van der Waals surface area contributed by atoms with E-state index in [4.69, 9.17) is 14.2 Å². The minimum absolute atomic E-state index is 0.110. The van der Waals surface area contributed by atoms with E-state index in [1.807, 2.05) is 0 Å². The Morgan fingerprint density at radius 2 is 2.14 bits per heavy atom. The number of nitrogens with one attached hydrogen (secondary N) is 1. The first-order chi connectivity index (χ1) is 13.3. The molecule has 1 aromatic heterocycles. The minimum atomic E-state index is -4.53. The number of pyridine rings is 1. The molecule has 1 aromatic carbocycles. The number of benzene rings is 1. The van der Waals surface area contributed by atoms with Crippen molar-refractivity contribution in [1.29, 1.82) is 0 Å².